The minimum atomic E-state index is -1.37. The molecule has 0 N–H and O–H groups in total. The SMILES string of the molecule is CCOC(=O)C(C(=O)OCC)[C@@H]1N(C(=O)OC(C)(C)C)c2ccc(OC)cc2[C@]12C=[N+](C)CC2.[I-]. The third kappa shape index (κ3) is 5.57. The Kier molecular flexibility index (Phi) is 9.18. The van der Waals surface area contributed by atoms with E-state index in [1.165, 1.54) is 4.90 Å². The molecule has 1 aromatic carbocycles. The fourth-order valence-electron chi connectivity index (χ4n) is 4.86. The van der Waals surface area contributed by atoms with E-state index in [2.05, 4.69) is 0 Å². The van der Waals surface area contributed by atoms with E-state index in [4.69, 9.17) is 18.9 Å². The summed E-state index contributed by atoms with van der Waals surface area (Å²) in [7, 11) is 3.49. The fraction of sp³-hybridized carbons (Fsp3) is 0.600. The second-order valence-electron chi connectivity index (χ2n) is 9.56. The maximum atomic E-state index is 13.6. The van der Waals surface area contributed by atoms with Gasteiger partial charge in [0.1, 0.15) is 30.4 Å². The van der Waals surface area contributed by atoms with Crippen LogP contribution in [0.15, 0.2) is 18.2 Å². The maximum Gasteiger partial charge on any atom is 0.415 e. The number of amides is 1. The quantitative estimate of drug-likeness (QED) is 0.148. The number of esters is 2. The van der Waals surface area contributed by atoms with Crippen LogP contribution in [0.1, 0.15) is 46.6 Å². The van der Waals surface area contributed by atoms with E-state index in [1.807, 2.05) is 23.9 Å². The molecule has 3 rings (SSSR count). The number of fused-ring (bicyclic) bond motifs is 2. The van der Waals surface area contributed by atoms with Crippen LogP contribution in [-0.2, 0) is 29.2 Å². The number of rotatable bonds is 6. The van der Waals surface area contributed by atoms with E-state index in [-0.39, 0.29) is 37.2 Å². The second kappa shape index (κ2) is 11.1. The summed E-state index contributed by atoms with van der Waals surface area (Å²) in [5, 5.41) is 0. The molecule has 0 saturated heterocycles. The van der Waals surface area contributed by atoms with Crippen LogP contribution in [-0.4, -0.2) is 74.4 Å². The topological polar surface area (TPSA) is 94.4 Å². The van der Waals surface area contributed by atoms with E-state index in [9.17, 15) is 14.4 Å². The van der Waals surface area contributed by atoms with Crippen LogP contribution < -0.4 is 33.6 Å². The number of carbonyl (C=O) groups excluding carboxylic acids is 3. The molecule has 35 heavy (non-hydrogen) atoms. The van der Waals surface area contributed by atoms with Crippen molar-refractivity contribution in [1.82, 2.24) is 0 Å². The Hall–Kier alpha value is -2.37. The van der Waals surface area contributed by atoms with Gasteiger partial charge >= 0.3 is 18.0 Å². The Morgan fingerprint density at radius 2 is 1.74 bits per heavy atom. The van der Waals surface area contributed by atoms with Crippen molar-refractivity contribution in [3.05, 3.63) is 23.8 Å². The molecule has 0 saturated carbocycles. The molecule has 2 aliphatic rings. The van der Waals surface area contributed by atoms with Crippen LogP contribution in [0.5, 0.6) is 5.75 Å². The summed E-state index contributed by atoms with van der Waals surface area (Å²) < 4.78 is 23.8. The van der Waals surface area contributed by atoms with Crippen molar-refractivity contribution in [2.45, 2.75) is 58.1 Å². The van der Waals surface area contributed by atoms with Gasteiger partial charge in [-0.3, -0.25) is 14.5 Å². The molecule has 1 amide bonds. The first-order chi connectivity index (χ1) is 16.0. The minimum Gasteiger partial charge on any atom is -1.00 e. The smallest absolute Gasteiger partial charge is 0.415 e. The van der Waals surface area contributed by atoms with Crippen LogP contribution in [0.25, 0.3) is 0 Å². The molecule has 194 valence electrons. The zero-order chi connectivity index (χ0) is 25.3. The van der Waals surface area contributed by atoms with Gasteiger partial charge in [0.25, 0.3) is 0 Å². The molecule has 2 heterocycles. The lowest BCUT2D eigenvalue weighted by Gasteiger charge is -2.36. The summed E-state index contributed by atoms with van der Waals surface area (Å²) in [4.78, 5) is 41.5. The summed E-state index contributed by atoms with van der Waals surface area (Å²) >= 11 is 0. The summed E-state index contributed by atoms with van der Waals surface area (Å²) in [5.41, 5.74) is -0.292. The van der Waals surface area contributed by atoms with Crippen molar-refractivity contribution >= 4 is 29.9 Å². The molecule has 2 aliphatic heterocycles. The molecule has 0 fully saturated rings. The van der Waals surface area contributed by atoms with E-state index in [0.29, 0.717) is 24.4 Å². The lowest BCUT2D eigenvalue weighted by atomic mass is 9.71. The summed E-state index contributed by atoms with van der Waals surface area (Å²) in [6, 6.07) is 4.43. The molecule has 0 bridgehead atoms. The highest BCUT2D eigenvalue weighted by Gasteiger charge is 2.63. The van der Waals surface area contributed by atoms with Gasteiger partial charge in [0, 0.05) is 6.42 Å². The Bertz CT molecular complexity index is 986. The largest absolute Gasteiger partial charge is 1.00 e. The standard InChI is InChI=1S/C25H35N2O7.HI/c1-8-32-21(28)19(22(29)33-9-2)20-25(12-13-26(6)15-25)17-14-16(31-7)10-11-18(17)27(20)23(30)34-24(3,4)5;/h10-11,14-15,19-20H,8-9,12-13H2,1-7H3;1H/q+1;/p-1/t20-,25-;/m0./s1. The van der Waals surface area contributed by atoms with Crippen molar-refractivity contribution in [2.24, 2.45) is 5.92 Å². The Morgan fingerprint density at radius 3 is 2.20 bits per heavy atom. The molecule has 9 nitrogen and oxygen atoms in total. The highest BCUT2D eigenvalue weighted by atomic mass is 127. The van der Waals surface area contributed by atoms with Crippen LogP contribution in [0.2, 0.25) is 0 Å². The van der Waals surface area contributed by atoms with Gasteiger partial charge in [-0.2, -0.15) is 0 Å². The molecule has 2 atom stereocenters. The molecular weight excluding hydrogens is 567 g/mol. The van der Waals surface area contributed by atoms with Gasteiger partial charge in [0.15, 0.2) is 12.1 Å². The fourth-order valence-corrected chi connectivity index (χ4v) is 4.86. The predicted molar refractivity (Wildman–Crippen MR) is 126 cm³/mol. The monoisotopic (exact) mass is 602 g/mol. The number of methoxy groups -OCH3 is 1. The van der Waals surface area contributed by atoms with Gasteiger partial charge in [0.2, 0.25) is 0 Å². The number of halogens is 1. The normalized spacial score (nSPS) is 20.7. The van der Waals surface area contributed by atoms with Crippen LogP contribution in [0.4, 0.5) is 10.5 Å². The third-order valence-electron chi connectivity index (χ3n) is 6.09. The number of anilines is 1. The van der Waals surface area contributed by atoms with E-state index in [0.717, 1.165) is 5.56 Å². The highest BCUT2D eigenvalue weighted by Crippen LogP contribution is 2.52. The minimum absolute atomic E-state index is 0. The van der Waals surface area contributed by atoms with Crippen molar-refractivity contribution in [3.63, 3.8) is 0 Å². The van der Waals surface area contributed by atoms with Crippen LogP contribution in [0, 0.1) is 5.92 Å². The van der Waals surface area contributed by atoms with Gasteiger partial charge in [-0.25, -0.2) is 9.37 Å². The molecular formula is C25H35IN2O7. The van der Waals surface area contributed by atoms with Crippen LogP contribution >= 0.6 is 0 Å². The lowest BCUT2D eigenvalue weighted by Crippen LogP contribution is -3.00. The molecule has 1 spiro atoms. The van der Waals surface area contributed by atoms with Crippen LogP contribution in [0.3, 0.4) is 0 Å². The molecule has 10 heteroatoms. The first kappa shape index (κ1) is 28.9. The molecule has 0 radical (unpaired) electrons. The van der Waals surface area contributed by atoms with Crippen molar-refractivity contribution in [1.29, 1.82) is 0 Å². The first-order valence-electron chi connectivity index (χ1n) is 11.6. The highest BCUT2D eigenvalue weighted by molar-refractivity contribution is 6.04. The number of benzene rings is 1. The Morgan fingerprint density at radius 1 is 1.14 bits per heavy atom. The number of carbonyl (C=O) groups is 3. The molecule has 0 aliphatic carbocycles. The van der Waals surface area contributed by atoms with Gasteiger partial charge in [-0.05, 0) is 58.4 Å². The third-order valence-corrected chi connectivity index (χ3v) is 6.09. The first-order valence-corrected chi connectivity index (χ1v) is 11.6. The number of nitrogens with zero attached hydrogens (tertiary/aromatic N) is 2. The zero-order valence-electron chi connectivity index (χ0n) is 21.4. The van der Waals surface area contributed by atoms with E-state index >= 15 is 0 Å². The maximum absolute atomic E-state index is 13.6. The molecule has 0 unspecified atom stereocenters. The average molecular weight is 602 g/mol. The second-order valence-corrected chi connectivity index (χ2v) is 9.56. The van der Waals surface area contributed by atoms with Crippen molar-refractivity contribution in [2.75, 3.05) is 38.8 Å². The average Bonchev–Trinajstić information content (AvgIpc) is 3.26. The Balaban J connectivity index is 0.00000432. The van der Waals surface area contributed by atoms with E-state index < -0.39 is 41.0 Å². The number of hydrogen-bond donors (Lipinski definition) is 0. The van der Waals surface area contributed by atoms with Gasteiger partial charge < -0.3 is 42.9 Å². The van der Waals surface area contributed by atoms with Gasteiger partial charge in [-0.15, -0.1) is 0 Å². The predicted octanol–water partition coefficient (Wildman–Crippen LogP) is -0.0801. The molecule has 1 aromatic rings. The lowest BCUT2D eigenvalue weighted by molar-refractivity contribution is -0.484. The number of ether oxygens (including phenoxy) is 4. The summed E-state index contributed by atoms with van der Waals surface area (Å²) in [6.07, 6.45) is 1.90. The van der Waals surface area contributed by atoms with E-state index in [1.54, 1.807) is 53.9 Å². The van der Waals surface area contributed by atoms with Crippen molar-refractivity contribution < 1.29 is 61.9 Å². The number of hydrogen-bond acceptors (Lipinski definition) is 7. The summed E-state index contributed by atoms with van der Waals surface area (Å²) in [6.45, 7) is 9.50. The Labute approximate surface area is 223 Å². The van der Waals surface area contributed by atoms with Gasteiger partial charge in [-0.1, -0.05) is 0 Å². The zero-order valence-corrected chi connectivity index (χ0v) is 23.6. The molecule has 0 aromatic heterocycles. The van der Waals surface area contributed by atoms with Gasteiger partial charge in [0.05, 0.1) is 32.1 Å². The van der Waals surface area contributed by atoms with Crippen molar-refractivity contribution in [3.8, 4) is 5.75 Å². The summed E-state index contributed by atoms with van der Waals surface area (Å²) in [5.74, 6) is -2.23.